The first-order valence-electron chi connectivity index (χ1n) is 28.2. The van der Waals surface area contributed by atoms with Crippen molar-refractivity contribution in [2.24, 2.45) is 0 Å². The summed E-state index contributed by atoms with van der Waals surface area (Å²) >= 11 is 1.87. The molecular weight excluding hydrogens is 997 g/mol. The fraction of sp³-hybridized carbons (Fsp3) is 0.0256. The molecule has 2 aromatic heterocycles. The smallest absolute Gasteiger partial charge is 0.0755 e. The van der Waals surface area contributed by atoms with E-state index in [1.165, 1.54) is 147 Å². The second-order valence-corrected chi connectivity index (χ2v) is 23.6. The van der Waals surface area contributed by atoms with Crippen LogP contribution in [0.4, 0.5) is 17.1 Å². The second-order valence-electron chi connectivity index (χ2n) is 22.5. The predicted molar refractivity (Wildman–Crippen MR) is 338 cm³/mol. The Morgan fingerprint density at radius 2 is 0.877 bits per heavy atom. The van der Waals surface area contributed by atoms with Crippen LogP contribution in [0.5, 0.6) is 0 Å². The van der Waals surface area contributed by atoms with Crippen LogP contribution in [0.15, 0.2) is 279 Å². The zero-order valence-electron chi connectivity index (χ0n) is 43.9. The number of hydrogen-bond donors (Lipinski definition) is 0. The van der Waals surface area contributed by atoms with Crippen molar-refractivity contribution >= 4 is 81.1 Å². The number of thiophene rings is 1. The van der Waals surface area contributed by atoms with Gasteiger partial charge in [0, 0.05) is 47.9 Å². The summed E-state index contributed by atoms with van der Waals surface area (Å²) in [6.45, 7) is 0. The molecule has 0 bridgehead atoms. The van der Waals surface area contributed by atoms with Gasteiger partial charge >= 0.3 is 0 Å². The molecule has 0 fully saturated rings. The van der Waals surface area contributed by atoms with Crippen molar-refractivity contribution in [1.82, 2.24) is 4.57 Å². The van der Waals surface area contributed by atoms with Crippen LogP contribution in [0.3, 0.4) is 0 Å². The summed E-state index contributed by atoms with van der Waals surface area (Å²) in [5.41, 5.74) is 26.6. The van der Waals surface area contributed by atoms with Crippen molar-refractivity contribution < 1.29 is 0 Å². The van der Waals surface area contributed by atoms with Gasteiger partial charge in [0.15, 0.2) is 0 Å². The van der Waals surface area contributed by atoms with Crippen LogP contribution < -0.4 is 4.90 Å². The van der Waals surface area contributed by atoms with Gasteiger partial charge in [0.2, 0.25) is 0 Å². The average Bonchev–Trinajstić information content (AvgIpc) is 2.16. The van der Waals surface area contributed by atoms with Crippen LogP contribution in [0.2, 0.25) is 0 Å². The second kappa shape index (κ2) is 15.8. The molecule has 0 radical (unpaired) electrons. The number of hydrogen-bond acceptors (Lipinski definition) is 2. The highest BCUT2D eigenvalue weighted by molar-refractivity contribution is 7.25. The summed E-state index contributed by atoms with van der Waals surface area (Å²) in [4.78, 5) is 2.58. The monoisotopic (exact) mass is 1040 g/mol. The van der Waals surface area contributed by atoms with Crippen molar-refractivity contribution in [2.45, 2.75) is 10.8 Å². The Morgan fingerprint density at radius 3 is 1.72 bits per heavy atom. The molecular formula is C78H46N2S. The zero-order chi connectivity index (χ0) is 52.7. The molecule has 3 heterocycles. The van der Waals surface area contributed by atoms with Gasteiger partial charge in [-0.1, -0.05) is 218 Å². The van der Waals surface area contributed by atoms with Gasteiger partial charge in [0.1, 0.15) is 0 Å². The SMILES string of the molecule is c1ccc2c(c1)-c1ccc(N(c3ccc(-c4ccc5sc6ccccc6c5c4)cc3)c3cccc4c3-c3ccccc3C43c4ccccc4-n4c5ccccc5c5cccc3c54)cc1C21c2ccccc2-c2c1ccc1ccccc21. The third-order valence-corrected chi connectivity index (χ3v) is 20.1. The summed E-state index contributed by atoms with van der Waals surface area (Å²) in [6.07, 6.45) is 0. The number of anilines is 3. The molecule has 0 saturated carbocycles. The quantitative estimate of drug-likeness (QED) is 0.171. The van der Waals surface area contributed by atoms with Gasteiger partial charge in [-0.25, -0.2) is 0 Å². The third-order valence-electron chi connectivity index (χ3n) is 19.0. The lowest BCUT2D eigenvalue weighted by atomic mass is 9.65. The maximum absolute atomic E-state index is 2.58. The Labute approximate surface area is 472 Å². The van der Waals surface area contributed by atoms with Crippen molar-refractivity contribution in [3.63, 3.8) is 0 Å². The summed E-state index contributed by atoms with van der Waals surface area (Å²) in [7, 11) is 0. The van der Waals surface area contributed by atoms with Crippen LogP contribution in [0, 0.1) is 0 Å². The molecule has 0 amide bonds. The minimum atomic E-state index is -0.605. The molecule has 15 aromatic rings. The molecule has 2 atom stereocenters. The molecule has 0 saturated heterocycles. The van der Waals surface area contributed by atoms with E-state index in [0.717, 1.165) is 17.1 Å². The van der Waals surface area contributed by atoms with Crippen LogP contribution in [-0.4, -0.2) is 4.57 Å². The Balaban J connectivity index is 0.887. The maximum atomic E-state index is 2.58. The summed E-state index contributed by atoms with van der Waals surface area (Å²) in [5.74, 6) is 0. The van der Waals surface area contributed by atoms with E-state index in [2.05, 4.69) is 289 Å². The topological polar surface area (TPSA) is 8.17 Å². The van der Waals surface area contributed by atoms with E-state index in [-0.39, 0.29) is 0 Å². The lowest BCUT2D eigenvalue weighted by molar-refractivity contribution is 0.748. The number of benzene rings is 13. The summed E-state index contributed by atoms with van der Waals surface area (Å²) < 4.78 is 5.18. The molecule has 3 heteroatoms. The van der Waals surface area contributed by atoms with Gasteiger partial charge in [-0.05, 0) is 155 Å². The van der Waals surface area contributed by atoms with Gasteiger partial charge in [0.25, 0.3) is 0 Å². The number of nitrogens with zero attached hydrogens (tertiary/aromatic N) is 2. The Bertz CT molecular complexity index is 5270. The van der Waals surface area contributed by atoms with Crippen LogP contribution in [-0.2, 0) is 10.8 Å². The van der Waals surface area contributed by atoms with Crippen molar-refractivity contribution in [3.8, 4) is 50.2 Å². The molecule has 81 heavy (non-hydrogen) atoms. The van der Waals surface area contributed by atoms with Crippen LogP contribution in [0.1, 0.15) is 44.5 Å². The lowest BCUT2D eigenvalue weighted by Crippen LogP contribution is -2.33. The molecule has 13 aromatic carbocycles. The highest BCUT2D eigenvalue weighted by Crippen LogP contribution is 2.66. The van der Waals surface area contributed by atoms with E-state index in [1.807, 2.05) is 11.3 Å². The largest absolute Gasteiger partial charge is 0.310 e. The summed E-state index contributed by atoms with van der Waals surface area (Å²) in [5, 5.41) is 7.73. The molecule has 2 nitrogen and oxygen atoms in total. The van der Waals surface area contributed by atoms with E-state index in [4.69, 9.17) is 0 Å². The van der Waals surface area contributed by atoms with Crippen molar-refractivity contribution in [3.05, 3.63) is 324 Å². The molecule has 0 N–H and O–H groups in total. The van der Waals surface area contributed by atoms with E-state index in [9.17, 15) is 0 Å². The third kappa shape index (κ3) is 5.43. The Kier molecular flexibility index (Phi) is 8.57. The van der Waals surface area contributed by atoms with Crippen molar-refractivity contribution in [1.29, 1.82) is 0 Å². The minimum Gasteiger partial charge on any atom is -0.310 e. The molecule has 4 aliphatic rings. The van der Waals surface area contributed by atoms with Gasteiger partial charge in [-0.3, -0.25) is 0 Å². The standard InChI is InChI=1S/C78H46N2S/c1-2-18-52-48(17-1)37-43-66-74(52)58-22-4-9-26-62(58)77(66)61-25-8-3-19-53(61)54-42-41-51(46-68(54)77)79(50-39-35-47(36-40-50)49-38-44-73-60(45-49)56-21-7-14-34-72(56)81-73)71-33-16-29-65-75(71)59-23-5-10-27-63(59)78(65)64-28-11-13-32-70(64)80-69-31-12-6-20-55(69)57-24-15-30-67(78)76(57)80/h1-46H. The maximum Gasteiger partial charge on any atom is 0.0755 e. The molecule has 374 valence electrons. The highest BCUT2D eigenvalue weighted by Gasteiger charge is 2.54. The van der Waals surface area contributed by atoms with E-state index >= 15 is 0 Å². The first-order valence-corrected chi connectivity index (χ1v) is 29.1. The van der Waals surface area contributed by atoms with Gasteiger partial charge in [-0.15, -0.1) is 11.3 Å². The van der Waals surface area contributed by atoms with Crippen LogP contribution >= 0.6 is 11.3 Å². The average molecular weight is 1040 g/mol. The molecule has 3 aliphatic carbocycles. The first kappa shape index (κ1) is 43.9. The lowest BCUT2D eigenvalue weighted by Gasteiger charge is -2.39. The van der Waals surface area contributed by atoms with E-state index in [0.29, 0.717) is 0 Å². The van der Waals surface area contributed by atoms with Gasteiger partial charge in [-0.2, -0.15) is 0 Å². The number of rotatable bonds is 4. The normalized spacial score (nSPS) is 16.5. The van der Waals surface area contributed by atoms with E-state index < -0.39 is 10.8 Å². The predicted octanol–water partition coefficient (Wildman–Crippen LogP) is 20.5. The Morgan fingerprint density at radius 1 is 0.309 bits per heavy atom. The fourth-order valence-corrected chi connectivity index (χ4v) is 17.0. The molecule has 19 rings (SSSR count). The Hall–Kier alpha value is -10.1. The van der Waals surface area contributed by atoms with Crippen molar-refractivity contribution in [2.75, 3.05) is 4.90 Å². The van der Waals surface area contributed by atoms with Gasteiger partial charge < -0.3 is 9.47 Å². The van der Waals surface area contributed by atoms with Gasteiger partial charge in [0.05, 0.1) is 33.2 Å². The van der Waals surface area contributed by atoms with Crippen LogP contribution in [0.25, 0.3) is 103 Å². The highest BCUT2D eigenvalue weighted by atomic mass is 32.1. The number of aromatic nitrogens is 1. The number of para-hydroxylation sites is 3. The first-order chi connectivity index (χ1) is 40.2. The summed E-state index contributed by atoms with van der Waals surface area (Å²) in [6, 6.07) is 106. The molecule has 1 aliphatic heterocycles. The van der Waals surface area contributed by atoms with E-state index in [1.54, 1.807) is 0 Å². The molecule has 2 spiro atoms. The molecule has 2 unspecified atom stereocenters. The number of fused-ring (bicyclic) bond motifs is 27. The zero-order valence-corrected chi connectivity index (χ0v) is 44.7. The minimum absolute atomic E-state index is 0.546. The fourth-order valence-electron chi connectivity index (χ4n) is 15.9.